The molecule has 1 aliphatic heterocycles. The zero-order chi connectivity index (χ0) is 21.0. The molecule has 2 aromatic rings. The van der Waals surface area contributed by atoms with Gasteiger partial charge in [-0.3, -0.25) is 4.79 Å². The quantitative estimate of drug-likeness (QED) is 0.719. The van der Waals surface area contributed by atoms with Crippen molar-refractivity contribution in [2.75, 3.05) is 43.5 Å². The zero-order valence-corrected chi connectivity index (χ0v) is 17.3. The second-order valence-corrected chi connectivity index (χ2v) is 8.87. The van der Waals surface area contributed by atoms with E-state index in [4.69, 9.17) is 16.3 Å². The smallest absolute Gasteiger partial charge is 0.243 e. The second kappa shape index (κ2) is 9.08. The number of aryl methyl sites for hydroxylation is 1. The molecule has 1 aliphatic rings. The van der Waals surface area contributed by atoms with Crippen molar-refractivity contribution in [1.82, 2.24) is 4.31 Å². The zero-order valence-electron chi connectivity index (χ0n) is 15.7. The number of sulfonamides is 1. The number of hydrogen-bond donors (Lipinski definition) is 2. The van der Waals surface area contributed by atoms with E-state index in [0.717, 1.165) is 6.07 Å². The van der Waals surface area contributed by atoms with Crippen LogP contribution in [0.15, 0.2) is 41.3 Å². The van der Waals surface area contributed by atoms with E-state index in [0.29, 0.717) is 42.6 Å². The molecular formula is C19H21ClFN3O4S. The molecule has 0 radical (unpaired) electrons. The van der Waals surface area contributed by atoms with Crippen molar-refractivity contribution in [3.05, 3.63) is 52.8 Å². The molecule has 2 aromatic carbocycles. The maximum Gasteiger partial charge on any atom is 0.243 e. The van der Waals surface area contributed by atoms with Gasteiger partial charge in [-0.2, -0.15) is 4.31 Å². The van der Waals surface area contributed by atoms with Gasteiger partial charge in [0.1, 0.15) is 5.82 Å². The minimum Gasteiger partial charge on any atom is -0.379 e. The van der Waals surface area contributed by atoms with E-state index in [-0.39, 0.29) is 17.1 Å². The normalized spacial score (nSPS) is 15.1. The summed E-state index contributed by atoms with van der Waals surface area (Å²) in [4.78, 5) is 12.3. The Morgan fingerprint density at radius 1 is 1.21 bits per heavy atom. The Morgan fingerprint density at radius 3 is 2.66 bits per heavy atom. The number of nitrogens with one attached hydrogen (secondary N) is 2. The van der Waals surface area contributed by atoms with Crippen LogP contribution >= 0.6 is 11.6 Å². The molecule has 0 bridgehead atoms. The fourth-order valence-corrected chi connectivity index (χ4v) is 4.71. The van der Waals surface area contributed by atoms with Gasteiger partial charge in [-0.05, 0) is 42.8 Å². The van der Waals surface area contributed by atoms with E-state index in [9.17, 15) is 17.6 Å². The fraction of sp³-hybridized carbons (Fsp3) is 0.316. The molecule has 2 N–H and O–H groups in total. The lowest BCUT2D eigenvalue weighted by Crippen LogP contribution is -2.40. The predicted octanol–water partition coefficient (Wildman–Crippen LogP) is 2.86. The van der Waals surface area contributed by atoms with Crippen molar-refractivity contribution in [2.24, 2.45) is 0 Å². The van der Waals surface area contributed by atoms with E-state index in [1.807, 2.05) is 0 Å². The van der Waals surface area contributed by atoms with Crippen molar-refractivity contribution in [3.8, 4) is 0 Å². The van der Waals surface area contributed by atoms with E-state index < -0.39 is 21.7 Å². The van der Waals surface area contributed by atoms with Crippen LogP contribution in [0.3, 0.4) is 0 Å². The molecule has 1 saturated heterocycles. The summed E-state index contributed by atoms with van der Waals surface area (Å²) in [5.74, 6) is -1.10. The number of ether oxygens (including phenoxy) is 1. The monoisotopic (exact) mass is 441 g/mol. The molecule has 1 heterocycles. The largest absolute Gasteiger partial charge is 0.379 e. The van der Waals surface area contributed by atoms with Crippen LogP contribution in [0.25, 0.3) is 0 Å². The number of amides is 1. The van der Waals surface area contributed by atoms with Crippen molar-refractivity contribution in [1.29, 1.82) is 0 Å². The molecule has 0 unspecified atom stereocenters. The van der Waals surface area contributed by atoms with Crippen LogP contribution in [0.4, 0.5) is 15.8 Å². The van der Waals surface area contributed by atoms with E-state index in [1.54, 1.807) is 19.1 Å². The third-order valence-electron chi connectivity index (χ3n) is 4.43. The molecule has 0 aromatic heterocycles. The van der Waals surface area contributed by atoms with Crippen LogP contribution < -0.4 is 10.6 Å². The average molecular weight is 442 g/mol. The Kier molecular flexibility index (Phi) is 6.74. The third kappa shape index (κ3) is 5.24. The summed E-state index contributed by atoms with van der Waals surface area (Å²) in [5, 5.41) is 5.59. The average Bonchev–Trinajstić information content (AvgIpc) is 2.70. The van der Waals surface area contributed by atoms with Crippen molar-refractivity contribution in [3.63, 3.8) is 0 Å². The number of nitrogens with zero attached hydrogens (tertiary/aromatic N) is 1. The molecule has 0 atom stereocenters. The number of anilines is 2. The lowest BCUT2D eigenvalue weighted by Gasteiger charge is -2.27. The molecule has 0 saturated carbocycles. The molecule has 10 heteroatoms. The third-order valence-corrected chi connectivity index (χ3v) is 6.71. The van der Waals surface area contributed by atoms with Crippen LogP contribution in [-0.4, -0.2) is 51.5 Å². The highest BCUT2D eigenvalue weighted by Gasteiger charge is 2.28. The summed E-state index contributed by atoms with van der Waals surface area (Å²) in [6.45, 7) is 2.85. The van der Waals surface area contributed by atoms with Crippen molar-refractivity contribution >= 4 is 38.9 Å². The standard InChI is InChI=1S/C19H21ClFN3O4S/c1-13-2-4-15(11-18(13)29(26,27)24-6-8-28-9-7-24)22-12-19(25)23-17-10-14(20)3-5-16(17)21/h2-5,10-11,22H,6-9,12H2,1H3,(H,23,25). The van der Waals surface area contributed by atoms with E-state index >= 15 is 0 Å². The second-order valence-electron chi connectivity index (χ2n) is 6.52. The summed E-state index contributed by atoms with van der Waals surface area (Å²) < 4.78 is 46.2. The molecule has 0 aliphatic carbocycles. The SMILES string of the molecule is Cc1ccc(NCC(=O)Nc2cc(Cl)ccc2F)cc1S(=O)(=O)N1CCOCC1. The minimum atomic E-state index is -3.66. The number of rotatable bonds is 6. The van der Waals surface area contributed by atoms with Crippen LogP contribution in [-0.2, 0) is 19.6 Å². The summed E-state index contributed by atoms with van der Waals surface area (Å²) in [5.41, 5.74) is 1.04. The molecule has 1 amide bonds. The minimum absolute atomic E-state index is 0.0243. The molecule has 156 valence electrons. The number of carbonyl (C=O) groups excluding carboxylic acids is 1. The van der Waals surface area contributed by atoms with E-state index in [1.165, 1.54) is 22.5 Å². The van der Waals surface area contributed by atoms with Gasteiger partial charge in [0.05, 0.1) is 30.3 Å². The molecular weight excluding hydrogens is 421 g/mol. The first-order valence-corrected chi connectivity index (χ1v) is 10.8. The predicted molar refractivity (Wildman–Crippen MR) is 109 cm³/mol. The van der Waals surface area contributed by atoms with Crippen LogP contribution in [0.1, 0.15) is 5.56 Å². The Labute approximate surface area is 173 Å². The molecule has 0 spiro atoms. The van der Waals surface area contributed by atoms with Gasteiger partial charge >= 0.3 is 0 Å². The van der Waals surface area contributed by atoms with Crippen LogP contribution in [0.2, 0.25) is 5.02 Å². The highest BCUT2D eigenvalue weighted by molar-refractivity contribution is 7.89. The lowest BCUT2D eigenvalue weighted by atomic mass is 10.2. The van der Waals surface area contributed by atoms with Gasteiger partial charge in [-0.1, -0.05) is 17.7 Å². The summed E-state index contributed by atoms with van der Waals surface area (Å²) >= 11 is 5.81. The van der Waals surface area contributed by atoms with Gasteiger partial charge in [0, 0.05) is 23.8 Å². The topological polar surface area (TPSA) is 87.7 Å². The number of benzene rings is 2. The Hall–Kier alpha value is -2.20. The first kappa shape index (κ1) is 21.5. The maximum absolute atomic E-state index is 13.7. The van der Waals surface area contributed by atoms with Gasteiger partial charge in [0.2, 0.25) is 15.9 Å². The lowest BCUT2D eigenvalue weighted by molar-refractivity contribution is -0.114. The fourth-order valence-electron chi connectivity index (χ4n) is 2.88. The van der Waals surface area contributed by atoms with Crippen LogP contribution in [0, 0.1) is 12.7 Å². The van der Waals surface area contributed by atoms with Gasteiger partial charge in [0.15, 0.2) is 0 Å². The van der Waals surface area contributed by atoms with Gasteiger partial charge < -0.3 is 15.4 Å². The highest BCUT2D eigenvalue weighted by atomic mass is 35.5. The van der Waals surface area contributed by atoms with Crippen molar-refractivity contribution in [2.45, 2.75) is 11.8 Å². The number of carbonyl (C=O) groups is 1. The Morgan fingerprint density at radius 2 is 1.93 bits per heavy atom. The first-order valence-electron chi connectivity index (χ1n) is 8.95. The van der Waals surface area contributed by atoms with Gasteiger partial charge in [0.25, 0.3) is 0 Å². The van der Waals surface area contributed by atoms with E-state index in [2.05, 4.69) is 10.6 Å². The van der Waals surface area contributed by atoms with Crippen molar-refractivity contribution < 1.29 is 22.3 Å². The highest BCUT2D eigenvalue weighted by Crippen LogP contribution is 2.24. The number of halogens is 2. The summed E-state index contributed by atoms with van der Waals surface area (Å²) in [6, 6.07) is 8.70. The first-order chi connectivity index (χ1) is 13.8. The Balaban J connectivity index is 1.69. The molecule has 3 rings (SSSR count). The molecule has 29 heavy (non-hydrogen) atoms. The number of hydrogen-bond acceptors (Lipinski definition) is 5. The molecule has 1 fully saturated rings. The summed E-state index contributed by atoms with van der Waals surface area (Å²) in [6.07, 6.45) is 0. The summed E-state index contributed by atoms with van der Waals surface area (Å²) in [7, 11) is -3.66. The van der Waals surface area contributed by atoms with Gasteiger partial charge in [-0.15, -0.1) is 0 Å². The Bertz CT molecular complexity index is 1010. The van der Waals surface area contributed by atoms with Gasteiger partial charge in [-0.25, -0.2) is 12.8 Å². The maximum atomic E-state index is 13.7. The van der Waals surface area contributed by atoms with Crippen LogP contribution in [0.5, 0.6) is 0 Å². The number of morpholine rings is 1. The molecule has 7 nitrogen and oxygen atoms in total.